The predicted octanol–water partition coefficient (Wildman–Crippen LogP) is 2.49. The Kier molecular flexibility index (Phi) is 6.25. The summed E-state index contributed by atoms with van der Waals surface area (Å²) in [6.07, 6.45) is 4.54. The van der Waals surface area contributed by atoms with Gasteiger partial charge in [-0.1, -0.05) is 0 Å². The minimum absolute atomic E-state index is 0.106. The number of hydrogen-bond donors (Lipinski definition) is 0. The van der Waals surface area contributed by atoms with Crippen molar-refractivity contribution < 1.29 is 13.6 Å². The molecular formula is C18H31N5O4Si2. The van der Waals surface area contributed by atoms with E-state index in [9.17, 15) is 4.79 Å². The van der Waals surface area contributed by atoms with Gasteiger partial charge in [0, 0.05) is 18.2 Å². The molecule has 0 unspecified atom stereocenters. The summed E-state index contributed by atoms with van der Waals surface area (Å²) in [6.45, 7) is 15.3. The molecule has 3 heterocycles. The molecule has 0 aliphatic carbocycles. The van der Waals surface area contributed by atoms with E-state index >= 15 is 0 Å². The maximum atomic E-state index is 12.7. The summed E-state index contributed by atoms with van der Waals surface area (Å²) < 4.78 is 21.7. The van der Waals surface area contributed by atoms with E-state index in [1.165, 1.54) is 17.3 Å². The van der Waals surface area contributed by atoms with Crippen LogP contribution in [0.25, 0.3) is 5.82 Å². The molecule has 29 heavy (non-hydrogen) atoms. The average molecular weight is 438 g/mol. The third kappa shape index (κ3) is 5.69. The first-order chi connectivity index (χ1) is 13.4. The summed E-state index contributed by atoms with van der Waals surface area (Å²) in [5, 5.41) is 4.06. The van der Waals surface area contributed by atoms with Gasteiger partial charge in [-0.3, -0.25) is 4.57 Å². The van der Waals surface area contributed by atoms with Crippen molar-refractivity contribution in [3.8, 4) is 5.82 Å². The molecule has 0 amide bonds. The van der Waals surface area contributed by atoms with Crippen molar-refractivity contribution in [3.63, 3.8) is 0 Å². The van der Waals surface area contributed by atoms with Crippen LogP contribution in [0.2, 0.25) is 39.3 Å². The Morgan fingerprint density at radius 2 is 1.93 bits per heavy atom. The third-order valence-electron chi connectivity index (χ3n) is 4.42. The van der Waals surface area contributed by atoms with Crippen LogP contribution in [0.15, 0.2) is 23.6 Å². The molecule has 2 aromatic rings. The van der Waals surface area contributed by atoms with Gasteiger partial charge in [0.05, 0.1) is 12.7 Å². The summed E-state index contributed by atoms with van der Waals surface area (Å²) in [4.78, 5) is 20.9. The van der Waals surface area contributed by atoms with Crippen LogP contribution in [0.1, 0.15) is 18.2 Å². The van der Waals surface area contributed by atoms with Gasteiger partial charge < -0.3 is 13.6 Å². The van der Waals surface area contributed by atoms with Crippen molar-refractivity contribution in [2.24, 2.45) is 0 Å². The lowest BCUT2D eigenvalue weighted by Gasteiger charge is -2.28. The number of aryl methyl sites for hydroxylation is 1. The van der Waals surface area contributed by atoms with E-state index in [0.717, 1.165) is 5.56 Å². The molecule has 0 N–H and O–H groups in total. The van der Waals surface area contributed by atoms with Crippen LogP contribution in [-0.4, -0.2) is 59.8 Å². The molecule has 3 atom stereocenters. The first kappa shape index (κ1) is 22.0. The minimum atomic E-state index is -1.79. The molecule has 0 bridgehead atoms. The van der Waals surface area contributed by atoms with Crippen molar-refractivity contribution in [3.05, 3.63) is 34.9 Å². The van der Waals surface area contributed by atoms with E-state index in [-0.39, 0.29) is 17.9 Å². The second-order valence-electron chi connectivity index (χ2n) is 9.33. The summed E-state index contributed by atoms with van der Waals surface area (Å²) in [6, 6.07) is 0. The molecule has 0 aromatic carbocycles. The molecular weight excluding hydrogens is 406 g/mol. The fourth-order valence-electron chi connectivity index (χ4n) is 3.25. The van der Waals surface area contributed by atoms with Crippen LogP contribution < -0.4 is 5.69 Å². The summed E-state index contributed by atoms with van der Waals surface area (Å²) >= 11 is 0. The maximum absolute atomic E-state index is 12.7. The normalized spacial score (nSPS) is 22.9. The second-order valence-corrected chi connectivity index (χ2v) is 18.3. The molecule has 1 aliphatic heterocycles. The molecule has 2 aromatic heterocycles. The molecule has 1 fully saturated rings. The van der Waals surface area contributed by atoms with E-state index in [4.69, 9.17) is 13.6 Å². The molecule has 0 saturated carbocycles. The Labute approximate surface area is 173 Å². The standard InChI is InChI=1S/C18H31N5O4Si2/c1-13-9-22(18(24)21-17(13)23-12-19-11-20-23)16-8-14(27-29(5,6)7)15(26-16)10-25-28(2,3)4/h9,11-12,14-16H,8,10H2,1-7H3/t14-,15+,16+/m0/s1. The number of ether oxygens (including phenoxy) is 1. The number of aromatic nitrogens is 5. The highest BCUT2D eigenvalue weighted by atomic mass is 28.4. The lowest BCUT2D eigenvalue weighted by atomic mass is 10.2. The first-order valence-electron chi connectivity index (χ1n) is 9.85. The Hall–Kier alpha value is -1.67. The van der Waals surface area contributed by atoms with Crippen molar-refractivity contribution in [2.45, 2.75) is 71.1 Å². The lowest BCUT2D eigenvalue weighted by molar-refractivity contribution is -0.0396. The summed E-state index contributed by atoms with van der Waals surface area (Å²) in [7, 11) is -3.48. The maximum Gasteiger partial charge on any atom is 0.351 e. The molecule has 1 saturated heterocycles. The zero-order chi connectivity index (χ0) is 21.4. The SMILES string of the molecule is Cc1cn([C@H]2C[C@H](O[Si](C)(C)C)[C@@H](CO[Si](C)(C)C)O2)c(=O)nc1-n1cncn1. The molecule has 3 rings (SSSR count). The van der Waals surface area contributed by atoms with Gasteiger partial charge in [0.15, 0.2) is 22.5 Å². The van der Waals surface area contributed by atoms with Gasteiger partial charge in [-0.15, -0.1) is 0 Å². The van der Waals surface area contributed by atoms with Gasteiger partial charge in [0.2, 0.25) is 0 Å². The Morgan fingerprint density at radius 1 is 1.21 bits per heavy atom. The van der Waals surface area contributed by atoms with Gasteiger partial charge in [-0.25, -0.2) is 14.5 Å². The van der Waals surface area contributed by atoms with Gasteiger partial charge in [-0.05, 0) is 46.2 Å². The molecule has 1 aliphatic rings. The fourth-order valence-corrected chi connectivity index (χ4v) is 5.07. The van der Waals surface area contributed by atoms with Crippen LogP contribution in [0.3, 0.4) is 0 Å². The molecule has 9 nitrogen and oxygen atoms in total. The van der Waals surface area contributed by atoms with Crippen molar-refractivity contribution in [2.75, 3.05) is 6.61 Å². The van der Waals surface area contributed by atoms with Crippen LogP contribution in [0.5, 0.6) is 0 Å². The summed E-state index contributed by atoms with van der Waals surface area (Å²) in [5.41, 5.74) is 0.424. The van der Waals surface area contributed by atoms with Crippen molar-refractivity contribution in [1.29, 1.82) is 0 Å². The predicted molar refractivity (Wildman–Crippen MR) is 114 cm³/mol. The topological polar surface area (TPSA) is 93.3 Å². The number of hydrogen-bond acceptors (Lipinski definition) is 7. The number of nitrogens with zero attached hydrogens (tertiary/aromatic N) is 5. The van der Waals surface area contributed by atoms with E-state index in [1.54, 1.807) is 10.8 Å². The highest BCUT2D eigenvalue weighted by Crippen LogP contribution is 2.32. The number of rotatable bonds is 7. The van der Waals surface area contributed by atoms with Crippen molar-refractivity contribution >= 4 is 16.6 Å². The molecule has 0 radical (unpaired) electrons. The van der Waals surface area contributed by atoms with E-state index in [0.29, 0.717) is 18.8 Å². The quantitative estimate of drug-likeness (QED) is 0.614. The zero-order valence-corrected chi connectivity index (χ0v) is 20.2. The van der Waals surface area contributed by atoms with E-state index in [2.05, 4.69) is 54.3 Å². The van der Waals surface area contributed by atoms with Gasteiger partial charge in [-0.2, -0.15) is 10.1 Å². The van der Waals surface area contributed by atoms with E-state index in [1.807, 2.05) is 6.92 Å². The minimum Gasteiger partial charge on any atom is -0.415 e. The monoisotopic (exact) mass is 437 g/mol. The average Bonchev–Trinajstić information content (AvgIpc) is 3.22. The van der Waals surface area contributed by atoms with E-state index < -0.39 is 22.9 Å². The van der Waals surface area contributed by atoms with Crippen LogP contribution in [-0.2, 0) is 13.6 Å². The molecule has 11 heteroatoms. The second kappa shape index (κ2) is 8.22. The van der Waals surface area contributed by atoms with Crippen molar-refractivity contribution in [1.82, 2.24) is 24.3 Å². The largest absolute Gasteiger partial charge is 0.415 e. The van der Waals surface area contributed by atoms with Gasteiger partial charge in [0.1, 0.15) is 25.0 Å². The zero-order valence-electron chi connectivity index (χ0n) is 18.2. The Bertz CT molecular complexity index is 889. The van der Waals surface area contributed by atoms with Gasteiger partial charge in [0.25, 0.3) is 0 Å². The van der Waals surface area contributed by atoms with Crippen LogP contribution in [0, 0.1) is 6.92 Å². The smallest absolute Gasteiger partial charge is 0.351 e. The Morgan fingerprint density at radius 3 is 2.52 bits per heavy atom. The van der Waals surface area contributed by atoms with Crippen LogP contribution in [0.4, 0.5) is 0 Å². The lowest BCUT2D eigenvalue weighted by Crippen LogP contribution is -2.40. The summed E-state index contributed by atoms with van der Waals surface area (Å²) in [5.74, 6) is 0.468. The first-order valence-corrected chi connectivity index (χ1v) is 16.7. The molecule has 160 valence electrons. The third-order valence-corrected chi connectivity index (χ3v) is 6.46. The molecule has 0 spiro atoms. The van der Waals surface area contributed by atoms with Gasteiger partial charge >= 0.3 is 5.69 Å². The highest BCUT2D eigenvalue weighted by molar-refractivity contribution is 6.70. The fraction of sp³-hybridized carbons (Fsp3) is 0.667. The highest BCUT2D eigenvalue weighted by Gasteiger charge is 2.40. The van der Waals surface area contributed by atoms with Crippen LogP contribution >= 0.6 is 0 Å². The Balaban J connectivity index is 1.84.